The maximum absolute atomic E-state index is 4.80. The second-order valence-corrected chi connectivity index (χ2v) is 8.86. The van der Waals surface area contributed by atoms with Crippen molar-refractivity contribution in [2.75, 3.05) is 27.7 Å². The van der Waals surface area contributed by atoms with Crippen LogP contribution < -0.4 is 10.6 Å². The van der Waals surface area contributed by atoms with Crippen LogP contribution in [0, 0.1) is 0 Å². The number of likely N-dealkylation sites (N-methyl/N-ethyl adjacent to an activating group) is 1. The van der Waals surface area contributed by atoms with Crippen LogP contribution in [-0.2, 0) is 12.8 Å². The highest BCUT2D eigenvalue weighted by atomic mass is 15.3. The Kier molecular flexibility index (Phi) is 6.45. The zero-order chi connectivity index (χ0) is 19.4. The minimum atomic E-state index is 0.256. The highest BCUT2D eigenvalue weighted by molar-refractivity contribution is 5.80. The van der Waals surface area contributed by atoms with Crippen molar-refractivity contribution >= 4 is 5.96 Å². The summed E-state index contributed by atoms with van der Waals surface area (Å²) in [6.45, 7) is 5.33. The van der Waals surface area contributed by atoms with Gasteiger partial charge >= 0.3 is 0 Å². The van der Waals surface area contributed by atoms with E-state index in [0.717, 1.165) is 31.8 Å². The van der Waals surface area contributed by atoms with Gasteiger partial charge in [-0.05, 0) is 59.2 Å². The number of aliphatic imine (C=N–C) groups is 1. The molecule has 0 spiro atoms. The molecular formula is C21H38N6. The minimum Gasteiger partial charge on any atom is -0.355 e. The van der Waals surface area contributed by atoms with Gasteiger partial charge in [-0.15, -0.1) is 0 Å². The summed E-state index contributed by atoms with van der Waals surface area (Å²) in [5.74, 6) is 0.929. The van der Waals surface area contributed by atoms with E-state index < -0.39 is 0 Å². The molecule has 1 fully saturated rings. The fraction of sp³-hybridized carbons (Fsp3) is 0.810. The highest BCUT2D eigenvalue weighted by Crippen LogP contribution is 2.31. The number of hydrogen-bond acceptors (Lipinski definition) is 3. The zero-order valence-electron chi connectivity index (χ0n) is 17.9. The van der Waals surface area contributed by atoms with E-state index in [9.17, 15) is 0 Å². The molecule has 0 aliphatic heterocycles. The molecule has 6 nitrogen and oxygen atoms in total. The number of hydrogen-bond donors (Lipinski definition) is 2. The molecule has 0 amide bonds. The minimum absolute atomic E-state index is 0.256. The Morgan fingerprint density at radius 2 is 2.07 bits per heavy atom. The Morgan fingerprint density at radius 3 is 2.70 bits per heavy atom. The second kappa shape index (κ2) is 8.63. The number of rotatable bonds is 5. The molecule has 0 aromatic carbocycles. The Labute approximate surface area is 164 Å². The molecule has 27 heavy (non-hydrogen) atoms. The first-order valence-corrected chi connectivity index (χ1v) is 10.6. The standard InChI is InChI=1S/C21H38N6/c1-16(2)27-14-17-9-10-18(13-19(17)25-27)24-20(22-3)23-15-21(26(4)5)11-7-6-8-12-21/h14,16,18H,6-13,15H2,1-5H3,(H2,22,23,24). The zero-order valence-corrected chi connectivity index (χ0v) is 17.9. The number of aryl methyl sites for hydroxylation is 1. The van der Waals surface area contributed by atoms with Crippen molar-refractivity contribution in [2.45, 2.75) is 82.8 Å². The van der Waals surface area contributed by atoms with E-state index in [1.165, 1.54) is 43.4 Å². The molecule has 1 saturated carbocycles. The van der Waals surface area contributed by atoms with Crippen molar-refractivity contribution in [3.05, 3.63) is 17.5 Å². The summed E-state index contributed by atoms with van der Waals surface area (Å²) in [6.07, 6.45) is 12.0. The van der Waals surface area contributed by atoms with Gasteiger partial charge in [0.25, 0.3) is 0 Å². The molecule has 1 heterocycles. The smallest absolute Gasteiger partial charge is 0.191 e. The summed E-state index contributed by atoms with van der Waals surface area (Å²) in [4.78, 5) is 6.91. The van der Waals surface area contributed by atoms with Crippen LogP contribution >= 0.6 is 0 Å². The number of guanidine groups is 1. The van der Waals surface area contributed by atoms with Crippen LogP contribution in [0.2, 0.25) is 0 Å². The first-order valence-electron chi connectivity index (χ1n) is 10.6. The van der Waals surface area contributed by atoms with E-state index in [4.69, 9.17) is 5.10 Å². The van der Waals surface area contributed by atoms with Gasteiger partial charge in [-0.3, -0.25) is 9.67 Å². The lowest BCUT2D eigenvalue weighted by molar-refractivity contribution is 0.104. The molecule has 1 atom stereocenters. The van der Waals surface area contributed by atoms with Gasteiger partial charge in [0.2, 0.25) is 0 Å². The maximum Gasteiger partial charge on any atom is 0.191 e. The third-order valence-electron chi connectivity index (χ3n) is 6.51. The summed E-state index contributed by atoms with van der Waals surface area (Å²) in [7, 11) is 6.31. The third kappa shape index (κ3) is 4.65. The predicted molar refractivity (Wildman–Crippen MR) is 112 cm³/mol. The Morgan fingerprint density at radius 1 is 1.33 bits per heavy atom. The molecule has 1 unspecified atom stereocenters. The predicted octanol–water partition coefficient (Wildman–Crippen LogP) is 2.75. The van der Waals surface area contributed by atoms with Gasteiger partial charge in [-0.1, -0.05) is 19.3 Å². The van der Waals surface area contributed by atoms with Crippen molar-refractivity contribution in [3.63, 3.8) is 0 Å². The van der Waals surface area contributed by atoms with E-state index in [1.54, 1.807) is 0 Å². The number of aromatic nitrogens is 2. The fourth-order valence-corrected chi connectivity index (χ4v) is 4.53. The highest BCUT2D eigenvalue weighted by Gasteiger charge is 2.34. The monoisotopic (exact) mass is 374 g/mol. The Bertz CT molecular complexity index is 639. The first kappa shape index (κ1) is 20.2. The van der Waals surface area contributed by atoms with Gasteiger partial charge in [0.05, 0.1) is 5.69 Å². The van der Waals surface area contributed by atoms with Crippen molar-refractivity contribution in [2.24, 2.45) is 4.99 Å². The van der Waals surface area contributed by atoms with Crippen LogP contribution in [0.4, 0.5) is 0 Å². The lowest BCUT2D eigenvalue weighted by atomic mass is 9.80. The van der Waals surface area contributed by atoms with Gasteiger partial charge in [0, 0.05) is 43.8 Å². The van der Waals surface area contributed by atoms with Gasteiger partial charge in [-0.2, -0.15) is 5.10 Å². The van der Waals surface area contributed by atoms with Crippen molar-refractivity contribution in [1.82, 2.24) is 25.3 Å². The van der Waals surface area contributed by atoms with Crippen molar-refractivity contribution in [3.8, 4) is 0 Å². The molecule has 152 valence electrons. The summed E-state index contributed by atoms with van der Waals surface area (Å²) in [5.41, 5.74) is 2.92. The Hall–Kier alpha value is -1.56. The van der Waals surface area contributed by atoms with Gasteiger partial charge < -0.3 is 15.5 Å². The quantitative estimate of drug-likeness (QED) is 0.615. The molecule has 2 N–H and O–H groups in total. The summed E-state index contributed by atoms with van der Waals surface area (Å²) in [5, 5.41) is 12.1. The molecular weight excluding hydrogens is 336 g/mol. The van der Waals surface area contributed by atoms with E-state index in [2.05, 4.69) is 59.3 Å². The van der Waals surface area contributed by atoms with Crippen molar-refractivity contribution in [1.29, 1.82) is 0 Å². The summed E-state index contributed by atoms with van der Waals surface area (Å²) in [6, 6.07) is 0.829. The lowest BCUT2D eigenvalue weighted by Gasteiger charge is -2.43. The van der Waals surface area contributed by atoms with Crippen LogP contribution in [0.25, 0.3) is 0 Å². The molecule has 0 bridgehead atoms. The average molecular weight is 375 g/mol. The second-order valence-electron chi connectivity index (χ2n) is 8.86. The van der Waals surface area contributed by atoms with Crippen LogP contribution in [0.5, 0.6) is 0 Å². The van der Waals surface area contributed by atoms with E-state index in [1.807, 2.05) is 7.05 Å². The van der Waals surface area contributed by atoms with Gasteiger partial charge in [0.1, 0.15) is 0 Å². The molecule has 0 saturated heterocycles. The molecule has 3 rings (SSSR count). The van der Waals surface area contributed by atoms with Crippen LogP contribution in [-0.4, -0.2) is 59.9 Å². The third-order valence-corrected chi connectivity index (χ3v) is 6.51. The molecule has 6 heteroatoms. The SMILES string of the molecule is CN=C(NCC1(N(C)C)CCCCC1)NC1CCc2cn(C(C)C)nc2C1. The molecule has 1 aromatic rings. The average Bonchev–Trinajstić information content (AvgIpc) is 3.09. The topological polar surface area (TPSA) is 57.5 Å². The van der Waals surface area contributed by atoms with E-state index in [-0.39, 0.29) is 5.54 Å². The van der Waals surface area contributed by atoms with E-state index >= 15 is 0 Å². The van der Waals surface area contributed by atoms with Crippen LogP contribution in [0.15, 0.2) is 11.2 Å². The van der Waals surface area contributed by atoms with Gasteiger partial charge in [-0.25, -0.2) is 0 Å². The Balaban J connectivity index is 1.57. The lowest BCUT2D eigenvalue weighted by Crippen LogP contribution is -2.56. The summed E-state index contributed by atoms with van der Waals surface area (Å²) < 4.78 is 2.10. The van der Waals surface area contributed by atoms with Crippen LogP contribution in [0.3, 0.4) is 0 Å². The normalized spacial score (nSPS) is 22.8. The molecule has 0 radical (unpaired) electrons. The van der Waals surface area contributed by atoms with E-state index in [0.29, 0.717) is 12.1 Å². The first-order chi connectivity index (χ1) is 12.9. The molecule has 1 aromatic heterocycles. The van der Waals surface area contributed by atoms with Crippen molar-refractivity contribution < 1.29 is 0 Å². The number of nitrogens with zero attached hydrogens (tertiary/aromatic N) is 4. The molecule has 2 aliphatic carbocycles. The number of nitrogens with one attached hydrogen (secondary N) is 2. The summed E-state index contributed by atoms with van der Waals surface area (Å²) >= 11 is 0. The maximum atomic E-state index is 4.80. The fourth-order valence-electron chi connectivity index (χ4n) is 4.53. The van der Waals surface area contributed by atoms with Crippen LogP contribution in [0.1, 0.15) is 69.7 Å². The largest absolute Gasteiger partial charge is 0.355 e. The number of fused-ring (bicyclic) bond motifs is 1. The molecule has 2 aliphatic rings. The van der Waals surface area contributed by atoms with Gasteiger partial charge in [0.15, 0.2) is 5.96 Å².